The largest absolute Gasteiger partial charge is 0.321 e. The number of carbonyl (C=O) groups is 1. The number of amides is 1. The highest BCUT2D eigenvalue weighted by Crippen LogP contribution is 2.27. The topological polar surface area (TPSA) is 55.1 Å². The van der Waals surface area contributed by atoms with Gasteiger partial charge in [0.2, 0.25) is 5.91 Å². The van der Waals surface area contributed by atoms with Crippen molar-refractivity contribution in [2.24, 2.45) is 11.7 Å². The highest BCUT2D eigenvalue weighted by molar-refractivity contribution is 9.10. The van der Waals surface area contributed by atoms with Crippen LogP contribution in [0.4, 0.5) is 14.5 Å². The lowest BCUT2D eigenvalue weighted by molar-refractivity contribution is -0.118. The van der Waals surface area contributed by atoms with E-state index in [9.17, 15) is 13.6 Å². The van der Waals surface area contributed by atoms with Crippen molar-refractivity contribution in [2.45, 2.75) is 19.9 Å². The third-order valence-corrected chi connectivity index (χ3v) is 2.90. The molecule has 17 heavy (non-hydrogen) atoms. The first-order chi connectivity index (χ1) is 7.82. The number of nitrogens with one attached hydrogen (secondary N) is 1. The zero-order valence-electron chi connectivity index (χ0n) is 9.43. The van der Waals surface area contributed by atoms with E-state index in [1.807, 2.05) is 0 Å². The molecule has 1 unspecified atom stereocenters. The van der Waals surface area contributed by atoms with Gasteiger partial charge >= 0.3 is 0 Å². The van der Waals surface area contributed by atoms with Crippen LogP contribution in [0.3, 0.4) is 0 Å². The van der Waals surface area contributed by atoms with Crippen LogP contribution in [0.2, 0.25) is 0 Å². The molecular formula is C11H13BrF2N2O. The molecule has 0 saturated heterocycles. The number of benzene rings is 1. The van der Waals surface area contributed by atoms with Crippen LogP contribution < -0.4 is 11.1 Å². The summed E-state index contributed by atoms with van der Waals surface area (Å²) in [5, 5.41) is 2.33. The standard InChI is InChI=1S/C11H13BrF2N2O/c1-5(2)9(15)11(17)16-10-7(12)3-6(13)4-8(10)14/h3-5,9H,15H2,1-2H3,(H,16,17). The molecule has 1 aromatic rings. The second-order valence-electron chi connectivity index (χ2n) is 4.00. The number of rotatable bonds is 3. The fourth-order valence-corrected chi connectivity index (χ4v) is 1.68. The van der Waals surface area contributed by atoms with E-state index in [0.29, 0.717) is 6.07 Å². The van der Waals surface area contributed by atoms with Gasteiger partial charge in [-0.15, -0.1) is 0 Å². The summed E-state index contributed by atoms with van der Waals surface area (Å²) in [6.45, 7) is 3.56. The van der Waals surface area contributed by atoms with Crippen molar-refractivity contribution in [1.29, 1.82) is 0 Å². The molecule has 3 nitrogen and oxygen atoms in total. The maximum atomic E-state index is 13.4. The molecule has 0 radical (unpaired) electrons. The third-order valence-electron chi connectivity index (χ3n) is 2.28. The molecule has 1 rings (SSSR count). The normalized spacial score (nSPS) is 12.6. The van der Waals surface area contributed by atoms with Gasteiger partial charge in [-0.25, -0.2) is 8.78 Å². The summed E-state index contributed by atoms with van der Waals surface area (Å²) in [6, 6.07) is 1.02. The van der Waals surface area contributed by atoms with Crippen molar-refractivity contribution in [3.05, 3.63) is 28.2 Å². The molecule has 6 heteroatoms. The van der Waals surface area contributed by atoms with E-state index in [-0.39, 0.29) is 16.1 Å². The van der Waals surface area contributed by atoms with Gasteiger partial charge in [-0.1, -0.05) is 13.8 Å². The Hall–Kier alpha value is -1.01. The van der Waals surface area contributed by atoms with Crippen molar-refractivity contribution in [3.8, 4) is 0 Å². The smallest absolute Gasteiger partial charge is 0.241 e. The molecule has 0 fully saturated rings. The zero-order valence-corrected chi connectivity index (χ0v) is 11.0. The SMILES string of the molecule is CC(C)C(N)C(=O)Nc1c(F)cc(F)cc1Br. The highest BCUT2D eigenvalue weighted by atomic mass is 79.9. The van der Waals surface area contributed by atoms with Gasteiger partial charge in [0.25, 0.3) is 0 Å². The van der Waals surface area contributed by atoms with Crippen LogP contribution in [-0.2, 0) is 4.79 Å². The Morgan fingerprint density at radius 1 is 1.41 bits per heavy atom. The summed E-state index contributed by atoms with van der Waals surface area (Å²) in [7, 11) is 0. The fraction of sp³-hybridized carbons (Fsp3) is 0.364. The second kappa shape index (κ2) is 5.55. The molecule has 0 aliphatic carbocycles. The van der Waals surface area contributed by atoms with Crippen LogP contribution >= 0.6 is 15.9 Å². The number of halogens is 3. The van der Waals surface area contributed by atoms with Crippen LogP contribution in [0, 0.1) is 17.6 Å². The summed E-state index contributed by atoms with van der Waals surface area (Å²) in [5.41, 5.74) is 5.51. The molecule has 0 heterocycles. The van der Waals surface area contributed by atoms with E-state index >= 15 is 0 Å². The Labute approximate surface area is 107 Å². The van der Waals surface area contributed by atoms with E-state index in [2.05, 4.69) is 21.2 Å². The summed E-state index contributed by atoms with van der Waals surface area (Å²) in [5.74, 6) is -2.15. The van der Waals surface area contributed by atoms with Gasteiger partial charge in [-0.3, -0.25) is 4.79 Å². The summed E-state index contributed by atoms with van der Waals surface area (Å²) >= 11 is 2.98. The molecule has 0 aromatic heterocycles. The van der Waals surface area contributed by atoms with E-state index in [0.717, 1.165) is 6.07 Å². The van der Waals surface area contributed by atoms with Gasteiger partial charge in [0, 0.05) is 10.5 Å². The van der Waals surface area contributed by atoms with Crippen LogP contribution in [-0.4, -0.2) is 11.9 Å². The average Bonchev–Trinajstić information content (AvgIpc) is 2.21. The van der Waals surface area contributed by atoms with E-state index in [1.165, 1.54) is 0 Å². The van der Waals surface area contributed by atoms with Crippen molar-refractivity contribution >= 4 is 27.5 Å². The van der Waals surface area contributed by atoms with Crippen molar-refractivity contribution in [3.63, 3.8) is 0 Å². The van der Waals surface area contributed by atoms with Gasteiger partial charge in [0.15, 0.2) is 5.82 Å². The minimum Gasteiger partial charge on any atom is -0.321 e. The van der Waals surface area contributed by atoms with Gasteiger partial charge in [0.1, 0.15) is 5.82 Å². The molecule has 0 aliphatic heterocycles. The highest BCUT2D eigenvalue weighted by Gasteiger charge is 2.20. The molecule has 1 amide bonds. The lowest BCUT2D eigenvalue weighted by Gasteiger charge is -2.16. The van der Waals surface area contributed by atoms with Crippen molar-refractivity contribution in [1.82, 2.24) is 0 Å². The molecule has 0 bridgehead atoms. The molecule has 1 aromatic carbocycles. The Morgan fingerprint density at radius 2 is 2.00 bits per heavy atom. The maximum absolute atomic E-state index is 13.4. The molecular weight excluding hydrogens is 294 g/mol. The first-order valence-electron chi connectivity index (χ1n) is 5.04. The van der Waals surface area contributed by atoms with Crippen molar-refractivity contribution in [2.75, 3.05) is 5.32 Å². The zero-order chi connectivity index (χ0) is 13.2. The first-order valence-corrected chi connectivity index (χ1v) is 5.83. The summed E-state index contributed by atoms with van der Waals surface area (Å²) < 4.78 is 26.4. The molecule has 0 spiro atoms. The van der Waals surface area contributed by atoms with Crippen LogP contribution in [0.15, 0.2) is 16.6 Å². The summed E-state index contributed by atoms with van der Waals surface area (Å²) in [6.07, 6.45) is 0. The van der Waals surface area contributed by atoms with E-state index in [4.69, 9.17) is 5.73 Å². The Bertz CT molecular complexity index is 414. The van der Waals surface area contributed by atoms with Crippen LogP contribution in [0.1, 0.15) is 13.8 Å². The third kappa shape index (κ3) is 3.47. The minimum atomic E-state index is -0.846. The predicted molar refractivity (Wildman–Crippen MR) is 65.5 cm³/mol. The number of anilines is 1. The Morgan fingerprint density at radius 3 is 2.47 bits per heavy atom. The Kier molecular flexibility index (Phi) is 4.59. The molecule has 0 aliphatic rings. The predicted octanol–water partition coefficient (Wildman–Crippen LogP) is 2.65. The average molecular weight is 307 g/mol. The molecule has 0 saturated carbocycles. The fourth-order valence-electron chi connectivity index (χ4n) is 1.17. The number of carbonyl (C=O) groups excluding carboxylic acids is 1. The first kappa shape index (κ1) is 14.1. The number of hydrogen-bond acceptors (Lipinski definition) is 2. The van der Waals surface area contributed by atoms with E-state index in [1.54, 1.807) is 13.8 Å². The number of nitrogens with two attached hydrogens (primary N) is 1. The van der Waals surface area contributed by atoms with Crippen LogP contribution in [0.25, 0.3) is 0 Å². The van der Waals surface area contributed by atoms with Crippen molar-refractivity contribution < 1.29 is 13.6 Å². The van der Waals surface area contributed by atoms with Crippen LogP contribution in [0.5, 0.6) is 0 Å². The minimum absolute atomic E-state index is 0.0720. The Balaban J connectivity index is 2.93. The van der Waals surface area contributed by atoms with Gasteiger partial charge in [-0.05, 0) is 27.9 Å². The lowest BCUT2D eigenvalue weighted by Crippen LogP contribution is -2.40. The maximum Gasteiger partial charge on any atom is 0.241 e. The van der Waals surface area contributed by atoms with E-state index < -0.39 is 23.6 Å². The molecule has 3 N–H and O–H groups in total. The number of hydrogen-bond donors (Lipinski definition) is 2. The lowest BCUT2D eigenvalue weighted by atomic mass is 10.0. The summed E-state index contributed by atoms with van der Waals surface area (Å²) in [4.78, 5) is 11.6. The van der Waals surface area contributed by atoms with Gasteiger partial charge in [-0.2, -0.15) is 0 Å². The molecule has 1 atom stereocenters. The monoisotopic (exact) mass is 306 g/mol. The second-order valence-corrected chi connectivity index (χ2v) is 4.86. The quantitative estimate of drug-likeness (QED) is 0.902. The van der Waals surface area contributed by atoms with Gasteiger partial charge in [0.05, 0.1) is 11.7 Å². The van der Waals surface area contributed by atoms with Gasteiger partial charge < -0.3 is 11.1 Å². The molecule has 94 valence electrons.